The summed E-state index contributed by atoms with van der Waals surface area (Å²) in [5, 5.41) is 10.9. The Morgan fingerprint density at radius 3 is 2.61 bits per heavy atom. The van der Waals surface area contributed by atoms with Crippen LogP contribution in [0.3, 0.4) is 0 Å². The van der Waals surface area contributed by atoms with E-state index in [2.05, 4.69) is 83.0 Å². The molecule has 2 aromatic rings. The average molecular weight is 386 g/mol. The van der Waals surface area contributed by atoms with Crippen LogP contribution in [0, 0.1) is 0 Å². The molecule has 28 heavy (non-hydrogen) atoms. The minimum Gasteiger partial charge on any atom is -0.359 e. The first-order valence-electron chi connectivity index (χ1n) is 10.3. The SMILES string of the molecule is CCC(CC)c1cc(CNC(=NC)NCCCN(C)Cc2ccccc2)on1. The Labute approximate surface area is 169 Å². The number of hydrogen-bond donors (Lipinski definition) is 2. The number of benzene rings is 1. The van der Waals surface area contributed by atoms with E-state index in [4.69, 9.17) is 4.52 Å². The van der Waals surface area contributed by atoms with Crippen LogP contribution in [0.25, 0.3) is 0 Å². The van der Waals surface area contributed by atoms with E-state index in [-0.39, 0.29) is 0 Å². The molecule has 6 nitrogen and oxygen atoms in total. The highest BCUT2D eigenvalue weighted by Crippen LogP contribution is 2.22. The molecule has 1 aromatic heterocycles. The van der Waals surface area contributed by atoms with Crippen LogP contribution in [0.15, 0.2) is 45.9 Å². The number of aliphatic imine (C=N–C) groups is 1. The number of aromatic nitrogens is 1. The van der Waals surface area contributed by atoms with Crippen molar-refractivity contribution in [3.63, 3.8) is 0 Å². The van der Waals surface area contributed by atoms with Gasteiger partial charge in [0, 0.05) is 32.1 Å². The Morgan fingerprint density at radius 1 is 1.18 bits per heavy atom. The second-order valence-corrected chi connectivity index (χ2v) is 7.16. The molecule has 0 radical (unpaired) electrons. The Morgan fingerprint density at radius 2 is 1.93 bits per heavy atom. The molecule has 154 valence electrons. The molecule has 0 saturated heterocycles. The van der Waals surface area contributed by atoms with Gasteiger partial charge >= 0.3 is 0 Å². The maximum Gasteiger partial charge on any atom is 0.191 e. The molecule has 2 rings (SSSR count). The second kappa shape index (κ2) is 12.2. The van der Waals surface area contributed by atoms with E-state index in [1.807, 2.05) is 0 Å². The molecule has 0 aliphatic heterocycles. The molecule has 0 saturated carbocycles. The summed E-state index contributed by atoms with van der Waals surface area (Å²) in [5.74, 6) is 2.10. The fourth-order valence-corrected chi connectivity index (χ4v) is 3.23. The molecule has 0 unspecified atom stereocenters. The molecule has 0 atom stereocenters. The summed E-state index contributed by atoms with van der Waals surface area (Å²) in [5.41, 5.74) is 2.39. The molecule has 0 spiro atoms. The minimum absolute atomic E-state index is 0.475. The molecule has 6 heteroatoms. The first-order valence-corrected chi connectivity index (χ1v) is 10.3. The lowest BCUT2D eigenvalue weighted by Crippen LogP contribution is -2.38. The van der Waals surface area contributed by atoms with Crippen LogP contribution in [0.1, 0.15) is 56.0 Å². The Kier molecular flexibility index (Phi) is 9.55. The van der Waals surface area contributed by atoms with Crippen molar-refractivity contribution in [2.75, 3.05) is 27.2 Å². The van der Waals surface area contributed by atoms with E-state index in [1.54, 1.807) is 7.05 Å². The highest BCUT2D eigenvalue weighted by atomic mass is 16.5. The van der Waals surface area contributed by atoms with Crippen molar-refractivity contribution in [3.8, 4) is 0 Å². The lowest BCUT2D eigenvalue weighted by molar-refractivity contribution is 0.322. The summed E-state index contributed by atoms with van der Waals surface area (Å²) in [6.07, 6.45) is 3.21. The predicted molar refractivity (Wildman–Crippen MR) is 115 cm³/mol. The van der Waals surface area contributed by atoms with Gasteiger partial charge in [0.2, 0.25) is 0 Å². The van der Waals surface area contributed by atoms with Crippen molar-refractivity contribution in [3.05, 3.63) is 53.4 Å². The second-order valence-electron chi connectivity index (χ2n) is 7.16. The van der Waals surface area contributed by atoms with E-state index in [1.165, 1.54) is 5.56 Å². The van der Waals surface area contributed by atoms with Crippen LogP contribution in [0.2, 0.25) is 0 Å². The quantitative estimate of drug-likeness (QED) is 0.350. The van der Waals surface area contributed by atoms with Gasteiger partial charge in [0.25, 0.3) is 0 Å². The maximum absolute atomic E-state index is 5.46. The van der Waals surface area contributed by atoms with Gasteiger partial charge in [-0.25, -0.2) is 0 Å². The average Bonchev–Trinajstić information content (AvgIpc) is 3.18. The lowest BCUT2D eigenvalue weighted by Gasteiger charge is -2.17. The molecule has 0 aliphatic rings. The van der Waals surface area contributed by atoms with Gasteiger partial charge in [-0.1, -0.05) is 49.3 Å². The third-order valence-electron chi connectivity index (χ3n) is 4.94. The van der Waals surface area contributed by atoms with Crippen molar-refractivity contribution in [1.82, 2.24) is 20.7 Å². The zero-order chi connectivity index (χ0) is 20.2. The van der Waals surface area contributed by atoms with Gasteiger partial charge in [-0.15, -0.1) is 0 Å². The van der Waals surface area contributed by atoms with Gasteiger partial charge < -0.3 is 20.1 Å². The molecule has 0 bridgehead atoms. The van der Waals surface area contributed by atoms with Gasteiger partial charge in [-0.2, -0.15) is 0 Å². The van der Waals surface area contributed by atoms with Crippen LogP contribution in [-0.2, 0) is 13.1 Å². The number of guanidine groups is 1. The Hall–Kier alpha value is -2.34. The van der Waals surface area contributed by atoms with Crippen molar-refractivity contribution < 1.29 is 4.52 Å². The normalized spacial score (nSPS) is 12.0. The van der Waals surface area contributed by atoms with Crippen LogP contribution in [0.4, 0.5) is 0 Å². The fraction of sp³-hybridized carbons (Fsp3) is 0.545. The highest BCUT2D eigenvalue weighted by molar-refractivity contribution is 5.79. The zero-order valence-corrected chi connectivity index (χ0v) is 17.7. The molecule has 1 heterocycles. The Bertz CT molecular complexity index is 694. The minimum atomic E-state index is 0.475. The van der Waals surface area contributed by atoms with E-state index in [0.717, 1.165) is 56.3 Å². The summed E-state index contributed by atoms with van der Waals surface area (Å²) in [4.78, 5) is 6.61. The van der Waals surface area contributed by atoms with Crippen LogP contribution < -0.4 is 10.6 Å². The van der Waals surface area contributed by atoms with E-state index >= 15 is 0 Å². The maximum atomic E-state index is 5.46. The highest BCUT2D eigenvalue weighted by Gasteiger charge is 2.13. The third kappa shape index (κ3) is 7.35. The van der Waals surface area contributed by atoms with E-state index < -0.39 is 0 Å². The van der Waals surface area contributed by atoms with Gasteiger partial charge in [0.15, 0.2) is 11.7 Å². The van der Waals surface area contributed by atoms with Gasteiger partial charge in [0.1, 0.15) is 0 Å². The number of rotatable bonds is 11. The number of nitrogens with one attached hydrogen (secondary N) is 2. The lowest BCUT2D eigenvalue weighted by atomic mass is 9.99. The monoisotopic (exact) mass is 385 g/mol. The zero-order valence-electron chi connectivity index (χ0n) is 17.7. The van der Waals surface area contributed by atoms with Crippen LogP contribution in [0.5, 0.6) is 0 Å². The van der Waals surface area contributed by atoms with Gasteiger partial charge in [-0.05, 0) is 38.4 Å². The predicted octanol–water partition coefficient (Wildman–Crippen LogP) is 3.77. The Balaban J connectivity index is 1.66. The standard InChI is InChI=1S/C22H35N5O/c1-5-19(6-2)21-15-20(28-26-21)16-25-22(23-3)24-13-10-14-27(4)17-18-11-8-7-9-12-18/h7-9,11-12,15,19H,5-6,10,13-14,16-17H2,1-4H3,(H2,23,24,25). The summed E-state index contributed by atoms with van der Waals surface area (Å²) < 4.78 is 5.46. The van der Waals surface area contributed by atoms with Crippen LogP contribution in [-0.4, -0.2) is 43.2 Å². The summed E-state index contributed by atoms with van der Waals surface area (Å²) in [7, 11) is 3.94. The molecule has 1 aromatic carbocycles. The number of nitrogens with zero attached hydrogens (tertiary/aromatic N) is 3. The van der Waals surface area contributed by atoms with Crippen LogP contribution >= 0.6 is 0 Å². The molecular formula is C22H35N5O. The third-order valence-corrected chi connectivity index (χ3v) is 4.94. The molecular weight excluding hydrogens is 350 g/mol. The summed E-state index contributed by atoms with van der Waals surface area (Å²) >= 11 is 0. The van der Waals surface area contributed by atoms with Crippen molar-refractivity contribution in [2.24, 2.45) is 4.99 Å². The summed E-state index contributed by atoms with van der Waals surface area (Å²) in [6, 6.07) is 12.6. The van der Waals surface area contributed by atoms with Gasteiger partial charge in [0.05, 0.1) is 12.2 Å². The molecule has 0 aliphatic carbocycles. The van der Waals surface area contributed by atoms with Crippen molar-refractivity contribution in [2.45, 2.75) is 52.1 Å². The molecule has 0 fully saturated rings. The van der Waals surface area contributed by atoms with Crippen molar-refractivity contribution >= 4 is 5.96 Å². The van der Waals surface area contributed by atoms with E-state index in [9.17, 15) is 0 Å². The topological polar surface area (TPSA) is 65.7 Å². The van der Waals surface area contributed by atoms with Crippen molar-refractivity contribution in [1.29, 1.82) is 0 Å². The smallest absolute Gasteiger partial charge is 0.191 e. The van der Waals surface area contributed by atoms with Gasteiger partial charge in [-0.3, -0.25) is 4.99 Å². The van der Waals surface area contributed by atoms with E-state index in [0.29, 0.717) is 12.5 Å². The number of hydrogen-bond acceptors (Lipinski definition) is 4. The summed E-state index contributed by atoms with van der Waals surface area (Å²) in [6.45, 7) is 7.82. The molecule has 0 amide bonds. The largest absolute Gasteiger partial charge is 0.359 e. The first kappa shape index (κ1) is 22.0. The first-order chi connectivity index (χ1) is 13.7. The fourth-order valence-electron chi connectivity index (χ4n) is 3.23. The molecule has 2 N–H and O–H groups in total.